The normalized spacial score (nSPS) is 13.0. The van der Waals surface area contributed by atoms with E-state index in [0.29, 0.717) is 24.3 Å². The number of benzene rings is 2. The van der Waals surface area contributed by atoms with Gasteiger partial charge in [-0.3, -0.25) is 14.6 Å². The van der Waals surface area contributed by atoms with E-state index in [9.17, 15) is 9.59 Å². The fraction of sp³-hybridized carbons (Fsp3) is 0.136. The van der Waals surface area contributed by atoms with Crippen molar-refractivity contribution >= 4 is 17.5 Å². The summed E-state index contributed by atoms with van der Waals surface area (Å²) < 4.78 is 0. The third-order valence-corrected chi connectivity index (χ3v) is 4.69. The molecule has 1 N–H and O–H groups in total. The fourth-order valence-electron chi connectivity index (χ4n) is 3.24. The van der Waals surface area contributed by atoms with Crippen molar-refractivity contribution in [3.63, 3.8) is 0 Å². The predicted molar refractivity (Wildman–Crippen MR) is 104 cm³/mol. The third kappa shape index (κ3) is 3.72. The molecule has 1 aliphatic heterocycles. The number of carbonyl (C=O) groups is 2. The average Bonchev–Trinajstić information content (AvgIpc) is 2.73. The summed E-state index contributed by atoms with van der Waals surface area (Å²) in [5.41, 5.74) is 3.85. The van der Waals surface area contributed by atoms with E-state index in [1.165, 1.54) is 11.8 Å². The van der Waals surface area contributed by atoms with Crippen LogP contribution in [0.5, 0.6) is 0 Å². The van der Waals surface area contributed by atoms with Crippen LogP contribution in [0.2, 0.25) is 0 Å². The van der Waals surface area contributed by atoms with E-state index >= 15 is 0 Å². The van der Waals surface area contributed by atoms with Crippen LogP contribution in [0.3, 0.4) is 0 Å². The number of carbonyl (C=O) groups excluding carboxylic acids is 2. The quantitative estimate of drug-likeness (QED) is 0.780. The third-order valence-electron chi connectivity index (χ3n) is 4.69. The number of pyridine rings is 1. The number of hydrogen-bond acceptors (Lipinski definition) is 3. The number of hydrogen-bond donors (Lipinski definition) is 1. The number of amides is 2. The lowest BCUT2D eigenvalue weighted by Crippen LogP contribution is -2.36. The Labute approximate surface area is 157 Å². The first-order valence-corrected chi connectivity index (χ1v) is 8.89. The Hall–Kier alpha value is -3.47. The van der Waals surface area contributed by atoms with Crippen LogP contribution in [0.25, 0.3) is 0 Å². The molecule has 2 aromatic carbocycles. The molecule has 27 heavy (non-hydrogen) atoms. The number of aromatic nitrogens is 1. The summed E-state index contributed by atoms with van der Waals surface area (Å²) in [6.07, 6.45) is 2.33. The van der Waals surface area contributed by atoms with Crippen LogP contribution >= 0.6 is 0 Å². The second kappa shape index (κ2) is 7.41. The lowest BCUT2D eigenvalue weighted by atomic mass is 9.99. The maximum atomic E-state index is 12.9. The molecule has 0 saturated carbocycles. The Bertz CT molecular complexity index is 986. The molecule has 1 aliphatic rings. The molecule has 0 aliphatic carbocycles. The van der Waals surface area contributed by atoms with Gasteiger partial charge in [0.15, 0.2) is 0 Å². The van der Waals surface area contributed by atoms with Gasteiger partial charge in [-0.25, -0.2) is 0 Å². The van der Waals surface area contributed by atoms with Crippen LogP contribution in [0.4, 0.5) is 5.69 Å². The van der Waals surface area contributed by atoms with E-state index in [-0.39, 0.29) is 17.5 Å². The fourth-order valence-corrected chi connectivity index (χ4v) is 3.24. The standard InChI is InChI=1S/C22H19N3O2/c26-21(24-19-8-2-1-3-9-19)17-10-12-23-20(14-17)22(27)25-13-11-16-6-4-5-7-18(16)15-25/h1-10,12,14H,11,13,15H2,(H,24,26). The van der Waals surface area contributed by atoms with Gasteiger partial charge in [-0.2, -0.15) is 0 Å². The zero-order valence-electron chi connectivity index (χ0n) is 14.8. The van der Waals surface area contributed by atoms with Gasteiger partial charge in [-0.15, -0.1) is 0 Å². The van der Waals surface area contributed by atoms with Gasteiger partial charge in [-0.1, -0.05) is 42.5 Å². The molecule has 134 valence electrons. The van der Waals surface area contributed by atoms with Crippen molar-refractivity contribution in [2.24, 2.45) is 0 Å². The Kier molecular flexibility index (Phi) is 4.66. The van der Waals surface area contributed by atoms with Gasteiger partial charge in [0.2, 0.25) is 0 Å². The van der Waals surface area contributed by atoms with Crippen molar-refractivity contribution < 1.29 is 9.59 Å². The monoisotopic (exact) mass is 357 g/mol. The van der Waals surface area contributed by atoms with E-state index in [2.05, 4.69) is 16.4 Å². The minimum Gasteiger partial charge on any atom is -0.333 e. The highest BCUT2D eigenvalue weighted by atomic mass is 16.2. The van der Waals surface area contributed by atoms with E-state index in [1.807, 2.05) is 48.5 Å². The summed E-state index contributed by atoms with van der Waals surface area (Å²) >= 11 is 0. The molecule has 5 heteroatoms. The molecule has 0 bridgehead atoms. The molecule has 5 nitrogen and oxygen atoms in total. The highest BCUT2D eigenvalue weighted by molar-refractivity contribution is 6.05. The first-order valence-electron chi connectivity index (χ1n) is 8.89. The highest BCUT2D eigenvalue weighted by Crippen LogP contribution is 2.20. The van der Waals surface area contributed by atoms with Gasteiger partial charge in [0.25, 0.3) is 11.8 Å². The maximum absolute atomic E-state index is 12.9. The van der Waals surface area contributed by atoms with E-state index < -0.39 is 0 Å². The van der Waals surface area contributed by atoms with Crippen LogP contribution < -0.4 is 5.32 Å². The number of anilines is 1. The van der Waals surface area contributed by atoms with Gasteiger partial charge in [0.1, 0.15) is 5.69 Å². The predicted octanol–water partition coefficient (Wildman–Crippen LogP) is 3.53. The molecule has 2 amide bonds. The van der Waals surface area contributed by atoms with Crippen LogP contribution in [-0.2, 0) is 13.0 Å². The van der Waals surface area contributed by atoms with Crippen LogP contribution in [-0.4, -0.2) is 28.2 Å². The average molecular weight is 357 g/mol. The molecule has 2 heterocycles. The van der Waals surface area contributed by atoms with E-state index in [0.717, 1.165) is 12.0 Å². The van der Waals surface area contributed by atoms with Gasteiger partial charge in [-0.05, 0) is 41.8 Å². The van der Waals surface area contributed by atoms with Crippen LogP contribution in [0.1, 0.15) is 32.0 Å². The first kappa shape index (κ1) is 17.0. The smallest absolute Gasteiger partial charge is 0.272 e. The molecular weight excluding hydrogens is 338 g/mol. The summed E-state index contributed by atoms with van der Waals surface area (Å²) in [6, 6.07) is 20.5. The lowest BCUT2D eigenvalue weighted by Gasteiger charge is -2.28. The van der Waals surface area contributed by atoms with Gasteiger partial charge in [0.05, 0.1) is 0 Å². The Morgan fingerprint density at radius 1 is 0.926 bits per heavy atom. The number of nitrogens with zero attached hydrogens (tertiary/aromatic N) is 2. The Balaban J connectivity index is 1.50. The lowest BCUT2D eigenvalue weighted by molar-refractivity contribution is 0.0728. The maximum Gasteiger partial charge on any atom is 0.272 e. The molecule has 0 atom stereocenters. The minimum absolute atomic E-state index is 0.154. The Morgan fingerprint density at radius 2 is 1.67 bits per heavy atom. The van der Waals surface area contributed by atoms with Crippen molar-refractivity contribution in [3.8, 4) is 0 Å². The molecular formula is C22H19N3O2. The molecule has 0 radical (unpaired) electrons. The van der Waals surface area contributed by atoms with Crippen LogP contribution in [0, 0.1) is 0 Å². The van der Waals surface area contributed by atoms with Crippen molar-refractivity contribution in [1.29, 1.82) is 0 Å². The largest absolute Gasteiger partial charge is 0.333 e. The molecule has 1 aromatic heterocycles. The SMILES string of the molecule is O=C(Nc1ccccc1)c1ccnc(C(=O)N2CCc3ccccc3C2)c1. The van der Waals surface area contributed by atoms with Gasteiger partial charge in [0, 0.05) is 30.5 Å². The molecule has 0 saturated heterocycles. The Morgan fingerprint density at radius 3 is 2.48 bits per heavy atom. The number of para-hydroxylation sites is 1. The zero-order chi connectivity index (χ0) is 18.6. The first-order chi connectivity index (χ1) is 13.2. The summed E-state index contributed by atoms with van der Waals surface area (Å²) in [5, 5.41) is 2.83. The summed E-state index contributed by atoms with van der Waals surface area (Å²) in [4.78, 5) is 31.3. The molecule has 0 spiro atoms. The molecule has 0 fully saturated rings. The van der Waals surface area contributed by atoms with E-state index in [1.54, 1.807) is 17.0 Å². The number of fused-ring (bicyclic) bond motifs is 1. The number of rotatable bonds is 3. The topological polar surface area (TPSA) is 62.3 Å². The molecule has 0 unspecified atom stereocenters. The van der Waals surface area contributed by atoms with Crippen LogP contribution in [0.15, 0.2) is 72.9 Å². The summed E-state index contributed by atoms with van der Waals surface area (Å²) in [7, 11) is 0. The second-order valence-electron chi connectivity index (χ2n) is 6.50. The zero-order valence-corrected chi connectivity index (χ0v) is 14.8. The minimum atomic E-state index is -0.262. The van der Waals surface area contributed by atoms with Gasteiger partial charge >= 0.3 is 0 Å². The van der Waals surface area contributed by atoms with Crippen molar-refractivity contribution in [3.05, 3.63) is 95.3 Å². The summed E-state index contributed by atoms with van der Waals surface area (Å²) in [6.45, 7) is 1.22. The summed E-state index contributed by atoms with van der Waals surface area (Å²) in [5.74, 6) is -0.416. The van der Waals surface area contributed by atoms with Crippen molar-refractivity contribution in [2.45, 2.75) is 13.0 Å². The number of nitrogens with one attached hydrogen (secondary N) is 1. The van der Waals surface area contributed by atoms with Gasteiger partial charge < -0.3 is 10.2 Å². The highest BCUT2D eigenvalue weighted by Gasteiger charge is 2.23. The second-order valence-corrected chi connectivity index (χ2v) is 6.50. The van der Waals surface area contributed by atoms with Crippen molar-refractivity contribution in [1.82, 2.24) is 9.88 Å². The van der Waals surface area contributed by atoms with E-state index in [4.69, 9.17) is 0 Å². The van der Waals surface area contributed by atoms with Crippen molar-refractivity contribution in [2.75, 3.05) is 11.9 Å². The molecule has 4 rings (SSSR count). The molecule has 3 aromatic rings.